The minimum Gasteiger partial charge on any atom is -0.310 e. The lowest BCUT2D eigenvalue weighted by Gasteiger charge is -2.26. The lowest BCUT2D eigenvalue weighted by atomic mass is 9.80. The number of benzene rings is 13. The highest BCUT2D eigenvalue weighted by atomic mass is 15.1. The number of hydrogen-bond acceptors (Lipinski definition) is 1. The van der Waals surface area contributed by atoms with Crippen LogP contribution in [-0.4, -0.2) is 0 Å². The summed E-state index contributed by atoms with van der Waals surface area (Å²) in [5, 5.41) is 7.33. The van der Waals surface area contributed by atoms with Crippen LogP contribution >= 0.6 is 0 Å². The highest BCUT2D eigenvalue weighted by molar-refractivity contribution is 6.05. The minimum absolute atomic E-state index is 1.09. The second-order valence-electron chi connectivity index (χ2n) is 19.3. The molecule has 1 heteroatoms. The number of fused-ring (bicyclic) bond motifs is 3. The number of hydrogen-bond donors (Lipinski definition) is 0. The Morgan fingerprint density at radius 1 is 0.213 bits per heavy atom. The molecule has 1 nitrogen and oxygen atoms in total. The van der Waals surface area contributed by atoms with Crippen molar-refractivity contribution in [2.45, 2.75) is 0 Å². The molecule has 13 aromatic rings. The summed E-state index contributed by atoms with van der Waals surface area (Å²) >= 11 is 0. The van der Waals surface area contributed by atoms with Gasteiger partial charge in [-0.25, -0.2) is 0 Å². The molecule has 0 atom stereocenters. The molecule has 0 amide bonds. The lowest BCUT2D eigenvalue weighted by molar-refractivity contribution is 1.29. The zero-order chi connectivity index (χ0) is 49.9. The molecule has 75 heavy (non-hydrogen) atoms. The summed E-state index contributed by atoms with van der Waals surface area (Å²) in [5.74, 6) is 0. The van der Waals surface area contributed by atoms with Crippen molar-refractivity contribution in [3.63, 3.8) is 0 Å². The first-order valence-corrected chi connectivity index (χ1v) is 25.8. The zero-order valence-electron chi connectivity index (χ0n) is 41.4. The highest BCUT2D eigenvalue weighted by Crippen LogP contribution is 2.48. The van der Waals surface area contributed by atoms with E-state index >= 15 is 0 Å². The second-order valence-corrected chi connectivity index (χ2v) is 19.3. The van der Waals surface area contributed by atoms with E-state index in [1.165, 1.54) is 99.1 Å². The van der Waals surface area contributed by atoms with Crippen molar-refractivity contribution in [2.75, 3.05) is 4.90 Å². The van der Waals surface area contributed by atoms with Gasteiger partial charge in [0.2, 0.25) is 0 Å². The fourth-order valence-corrected chi connectivity index (χ4v) is 10.9. The molecule has 0 aliphatic rings. The number of rotatable bonds is 11. The maximum absolute atomic E-state index is 2.40. The standard InChI is InChI=1S/C74H51N/c1-5-19-57(20-6-1)71-51-67(72(58-21-7-2-8-22-58)74(60-25-11-4-12-26-60)73(71)59-23-9-3-10-24-59)32-30-52-29-31-66-50-70(46-41-63(66)47-52)75(68-42-37-55(38-43-68)64-35-33-53-17-13-15-27-61(53)48-64)69-44-39-56(40-45-69)65-36-34-54-18-14-16-28-62(54)49-65/h1-51H. The molecule has 0 bridgehead atoms. The van der Waals surface area contributed by atoms with E-state index in [0.29, 0.717) is 0 Å². The van der Waals surface area contributed by atoms with E-state index < -0.39 is 0 Å². The van der Waals surface area contributed by atoms with Crippen molar-refractivity contribution < 1.29 is 0 Å². The molecule has 0 fully saturated rings. The Kier molecular flexibility index (Phi) is 12.0. The van der Waals surface area contributed by atoms with E-state index in [4.69, 9.17) is 0 Å². The first-order chi connectivity index (χ1) is 37.2. The Hall–Kier alpha value is -9.82. The molecule has 0 unspecified atom stereocenters. The molecule has 13 rings (SSSR count). The van der Waals surface area contributed by atoms with Crippen molar-refractivity contribution >= 4 is 61.5 Å². The van der Waals surface area contributed by atoms with Crippen LogP contribution in [0.3, 0.4) is 0 Å². The quantitative estimate of drug-likeness (QED) is 0.117. The summed E-state index contributed by atoms with van der Waals surface area (Å²) in [6, 6.07) is 108. The van der Waals surface area contributed by atoms with Gasteiger partial charge in [0, 0.05) is 17.1 Å². The summed E-state index contributed by atoms with van der Waals surface area (Å²) in [6.07, 6.45) is 4.60. The summed E-state index contributed by atoms with van der Waals surface area (Å²) in [6.45, 7) is 0. The smallest absolute Gasteiger partial charge is 0.0468 e. The predicted octanol–water partition coefficient (Wildman–Crippen LogP) is 20.8. The molecule has 0 aromatic heterocycles. The van der Waals surface area contributed by atoms with Crippen LogP contribution in [0.1, 0.15) is 11.1 Å². The predicted molar refractivity (Wildman–Crippen MR) is 322 cm³/mol. The largest absolute Gasteiger partial charge is 0.310 e. The van der Waals surface area contributed by atoms with E-state index in [2.05, 4.69) is 314 Å². The first kappa shape index (κ1) is 45.1. The van der Waals surface area contributed by atoms with Gasteiger partial charge in [0.15, 0.2) is 0 Å². The van der Waals surface area contributed by atoms with Crippen LogP contribution in [0.4, 0.5) is 17.1 Å². The van der Waals surface area contributed by atoms with Crippen LogP contribution in [0.25, 0.3) is 111 Å². The van der Waals surface area contributed by atoms with E-state index in [1.54, 1.807) is 0 Å². The Bertz CT molecular complexity index is 4060. The third-order valence-corrected chi connectivity index (χ3v) is 14.6. The SMILES string of the molecule is C(=Cc1cc(-c2ccccc2)c(-c2ccccc2)c(-c2ccccc2)c1-c1ccccc1)c1ccc2cc(N(c3ccc(-c4ccc5ccccc5c4)cc3)c3ccc(-c4ccc5ccccc5c4)cc3)ccc2c1. The minimum atomic E-state index is 1.09. The normalized spacial score (nSPS) is 11.4. The molecule has 0 saturated heterocycles. The fraction of sp³-hybridized carbons (Fsp3) is 0. The molecule has 0 aliphatic heterocycles. The first-order valence-electron chi connectivity index (χ1n) is 25.8. The average molecular weight is 954 g/mol. The van der Waals surface area contributed by atoms with Gasteiger partial charge in [-0.2, -0.15) is 0 Å². The Labute approximate surface area is 439 Å². The van der Waals surface area contributed by atoms with Gasteiger partial charge in [-0.15, -0.1) is 0 Å². The summed E-state index contributed by atoms with van der Waals surface area (Å²) < 4.78 is 0. The summed E-state index contributed by atoms with van der Waals surface area (Å²) in [4.78, 5) is 2.38. The molecule has 0 saturated carbocycles. The molecular formula is C74H51N. The topological polar surface area (TPSA) is 3.24 Å². The van der Waals surface area contributed by atoms with Crippen LogP contribution in [0.5, 0.6) is 0 Å². The summed E-state index contributed by atoms with van der Waals surface area (Å²) in [7, 11) is 0. The van der Waals surface area contributed by atoms with Gasteiger partial charge in [-0.3, -0.25) is 0 Å². The van der Waals surface area contributed by atoms with Crippen LogP contribution in [-0.2, 0) is 0 Å². The van der Waals surface area contributed by atoms with Crippen molar-refractivity contribution in [3.8, 4) is 66.8 Å². The highest BCUT2D eigenvalue weighted by Gasteiger charge is 2.22. The molecule has 13 aromatic carbocycles. The average Bonchev–Trinajstić information content (AvgIpc) is 3.49. The van der Waals surface area contributed by atoms with Crippen molar-refractivity contribution in [3.05, 3.63) is 308 Å². The molecule has 0 heterocycles. The van der Waals surface area contributed by atoms with Gasteiger partial charge in [0.05, 0.1) is 0 Å². The Morgan fingerprint density at radius 3 is 1.13 bits per heavy atom. The van der Waals surface area contributed by atoms with Crippen LogP contribution < -0.4 is 4.90 Å². The molecule has 0 aliphatic carbocycles. The van der Waals surface area contributed by atoms with Crippen molar-refractivity contribution in [2.24, 2.45) is 0 Å². The summed E-state index contributed by atoms with van der Waals surface area (Å²) in [5.41, 5.74) is 19.9. The molecule has 0 spiro atoms. The van der Waals surface area contributed by atoms with Crippen LogP contribution in [0, 0.1) is 0 Å². The molecule has 352 valence electrons. The van der Waals surface area contributed by atoms with Crippen molar-refractivity contribution in [1.82, 2.24) is 0 Å². The Morgan fingerprint density at radius 2 is 0.600 bits per heavy atom. The lowest BCUT2D eigenvalue weighted by Crippen LogP contribution is -2.09. The van der Waals surface area contributed by atoms with Crippen LogP contribution in [0.2, 0.25) is 0 Å². The van der Waals surface area contributed by atoms with Crippen LogP contribution in [0.15, 0.2) is 297 Å². The Balaban J connectivity index is 0.897. The van der Waals surface area contributed by atoms with E-state index in [9.17, 15) is 0 Å². The van der Waals surface area contributed by atoms with E-state index in [-0.39, 0.29) is 0 Å². The van der Waals surface area contributed by atoms with Gasteiger partial charge in [0.1, 0.15) is 0 Å². The monoisotopic (exact) mass is 953 g/mol. The van der Waals surface area contributed by atoms with Gasteiger partial charge in [-0.1, -0.05) is 249 Å². The molecular weight excluding hydrogens is 903 g/mol. The van der Waals surface area contributed by atoms with E-state index in [0.717, 1.165) is 28.2 Å². The van der Waals surface area contributed by atoms with E-state index in [1.807, 2.05) is 0 Å². The van der Waals surface area contributed by atoms with Crippen molar-refractivity contribution in [1.29, 1.82) is 0 Å². The van der Waals surface area contributed by atoms with Gasteiger partial charge < -0.3 is 4.90 Å². The third kappa shape index (κ3) is 9.09. The maximum Gasteiger partial charge on any atom is 0.0468 e. The number of nitrogens with zero attached hydrogens (tertiary/aromatic N) is 1. The zero-order valence-corrected chi connectivity index (χ0v) is 41.4. The third-order valence-electron chi connectivity index (χ3n) is 14.6. The second kappa shape index (κ2) is 20.0. The van der Waals surface area contributed by atoms with Gasteiger partial charge >= 0.3 is 0 Å². The number of anilines is 3. The van der Waals surface area contributed by atoms with Gasteiger partial charge in [-0.05, 0) is 171 Å². The van der Waals surface area contributed by atoms with Gasteiger partial charge in [0.25, 0.3) is 0 Å². The molecule has 0 radical (unpaired) electrons. The maximum atomic E-state index is 2.40. The molecule has 0 N–H and O–H groups in total. The fourth-order valence-electron chi connectivity index (χ4n) is 10.9.